The summed E-state index contributed by atoms with van der Waals surface area (Å²) < 4.78 is 10.3. The van der Waals surface area contributed by atoms with E-state index in [0.717, 1.165) is 0 Å². The van der Waals surface area contributed by atoms with Gasteiger partial charge in [-0.2, -0.15) is 0 Å². The van der Waals surface area contributed by atoms with E-state index >= 15 is 0 Å². The Balaban J connectivity index is 1.89. The van der Waals surface area contributed by atoms with Crippen molar-refractivity contribution in [2.45, 2.75) is 13.0 Å². The summed E-state index contributed by atoms with van der Waals surface area (Å²) >= 11 is 17.8. The Kier molecular flexibility index (Phi) is 6.93. The van der Waals surface area contributed by atoms with E-state index < -0.39 is 18.0 Å². The molecule has 25 heavy (non-hydrogen) atoms. The number of anilines is 1. The average molecular weight is 403 g/mol. The lowest BCUT2D eigenvalue weighted by Crippen LogP contribution is -2.31. The molecule has 5 nitrogen and oxygen atoms in total. The topological polar surface area (TPSA) is 64.6 Å². The number of hydrogen-bond acceptors (Lipinski definition) is 4. The summed E-state index contributed by atoms with van der Waals surface area (Å²) in [6, 6.07) is 11.7. The molecule has 0 spiro atoms. The highest BCUT2D eigenvalue weighted by Crippen LogP contribution is 2.33. The Morgan fingerprint density at radius 3 is 2.28 bits per heavy atom. The van der Waals surface area contributed by atoms with Gasteiger partial charge in [0.15, 0.2) is 12.7 Å². The second-order valence-corrected chi connectivity index (χ2v) is 6.22. The van der Waals surface area contributed by atoms with Crippen molar-refractivity contribution in [1.29, 1.82) is 0 Å². The molecule has 0 aliphatic heterocycles. The van der Waals surface area contributed by atoms with Crippen LogP contribution in [0.25, 0.3) is 0 Å². The maximum absolute atomic E-state index is 12.1. The number of ether oxygens (including phenoxy) is 2. The highest BCUT2D eigenvalue weighted by atomic mass is 35.5. The van der Waals surface area contributed by atoms with Crippen molar-refractivity contribution in [3.8, 4) is 5.75 Å². The van der Waals surface area contributed by atoms with Crippen molar-refractivity contribution in [2.24, 2.45) is 0 Å². The second kappa shape index (κ2) is 8.94. The number of esters is 1. The van der Waals surface area contributed by atoms with Gasteiger partial charge < -0.3 is 14.8 Å². The number of hydrogen-bond donors (Lipinski definition) is 1. The molecule has 0 saturated carbocycles. The van der Waals surface area contributed by atoms with Gasteiger partial charge in [0.1, 0.15) is 5.75 Å². The van der Waals surface area contributed by atoms with Gasteiger partial charge in [0.25, 0.3) is 5.91 Å². The van der Waals surface area contributed by atoms with Crippen LogP contribution in [0, 0.1) is 0 Å². The van der Waals surface area contributed by atoms with E-state index in [4.69, 9.17) is 44.3 Å². The number of carbonyl (C=O) groups excluding carboxylic acids is 2. The first-order valence-electron chi connectivity index (χ1n) is 7.19. The lowest BCUT2D eigenvalue weighted by molar-refractivity contribution is -0.155. The molecule has 1 N–H and O–H groups in total. The van der Waals surface area contributed by atoms with Crippen LogP contribution >= 0.6 is 34.8 Å². The third-order valence-corrected chi connectivity index (χ3v) is 3.85. The van der Waals surface area contributed by atoms with Gasteiger partial charge in [-0.3, -0.25) is 4.79 Å². The van der Waals surface area contributed by atoms with Crippen LogP contribution in [0.2, 0.25) is 15.1 Å². The Morgan fingerprint density at radius 2 is 1.68 bits per heavy atom. The highest BCUT2D eigenvalue weighted by molar-refractivity contribution is 6.42. The van der Waals surface area contributed by atoms with Crippen LogP contribution in [0.15, 0.2) is 42.5 Å². The maximum Gasteiger partial charge on any atom is 0.344 e. The zero-order chi connectivity index (χ0) is 18.4. The minimum Gasteiger partial charge on any atom is -0.482 e. The van der Waals surface area contributed by atoms with Gasteiger partial charge in [-0.15, -0.1) is 0 Å². The van der Waals surface area contributed by atoms with Crippen LogP contribution in [0.4, 0.5) is 5.69 Å². The summed E-state index contributed by atoms with van der Waals surface area (Å²) in [5.74, 6) is -0.740. The molecule has 1 atom stereocenters. The van der Waals surface area contributed by atoms with E-state index in [-0.39, 0.29) is 22.3 Å². The molecule has 0 aliphatic rings. The van der Waals surface area contributed by atoms with Crippen molar-refractivity contribution in [2.75, 3.05) is 11.9 Å². The SMILES string of the molecule is C[C@@H](OC(=O)COc1ccccc1)C(=O)Nc1c(Cl)cc(Cl)cc1Cl. The van der Waals surface area contributed by atoms with Crippen LogP contribution in [0.1, 0.15) is 6.92 Å². The largest absolute Gasteiger partial charge is 0.482 e. The smallest absolute Gasteiger partial charge is 0.344 e. The second-order valence-electron chi connectivity index (χ2n) is 4.97. The van der Waals surface area contributed by atoms with E-state index in [1.165, 1.54) is 19.1 Å². The van der Waals surface area contributed by atoms with Crippen LogP contribution < -0.4 is 10.1 Å². The Labute approximate surface area is 159 Å². The number of para-hydroxylation sites is 1. The molecule has 8 heteroatoms. The summed E-state index contributed by atoms with van der Waals surface area (Å²) in [4.78, 5) is 23.9. The van der Waals surface area contributed by atoms with Crippen LogP contribution in [-0.4, -0.2) is 24.6 Å². The fraction of sp³-hybridized carbons (Fsp3) is 0.176. The molecule has 0 unspecified atom stereocenters. The summed E-state index contributed by atoms with van der Waals surface area (Å²) in [5.41, 5.74) is 0.196. The molecular formula is C17H14Cl3NO4. The van der Waals surface area contributed by atoms with Crippen LogP contribution in [-0.2, 0) is 14.3 Å². The number of halogens is 3. The molecule has 0 heterocycles. The number of amides is 1. The van der Waals surface area contributed by atoms with Crippen molar-refractivity contribution >= 4 is 52.4 Å². The van der Waals surface area contributed by atoms with Crippen LogP contribution in [0.3, 0.4) is 0 Å². The highest BCUT2D eigenvalue weighted by Gasteiger charge is 2.20. The number of benzene rings is 2. The third kappa shape index (κ3) is 5.81. The quantitative estimate of drug-likeness (QED) is 0.717. The molecule has 1 amide bonds. The molecule has 0 radical (unpaired) electrons. The van der Waals surface area contributed by atoms with Gasteiger partial charge in [-0.25, -0.2) is 4.79 Å². The Morgan fingerprint density at radius 1 is 1.08 bits per heavy atom. The minimum absolute atomic E-state index is 0.178. The molecule has 0 saturated heterocycles. The van der Waals surface area contributed by atoms with E-state index in [1.54, 1.807) is 24.3 Å². The first-order chi connectivity index (χ1) is 11.9. The van der Waals surface area contributed by atoms with Gasteiger partial charge in [0, 0.05) is 5.02 Å². The number of nitrogens with one attached hydrogen (secondary N) is 1. The van der Waals surface area contributed by atoms with Gasteiger partial charge >= 0.3 is 5.97 Å². The van der Waals surface area contributed by atoms with Crippen molar-refractivity contribution in [1.82, 2.24) is 0 Å². The molecular weight excluding hydrogens is 389 g/mol. The van der Waals surface area contributed by atoms with E-state index in [2.05, 4.69) is 5.32 Å². The number of rotatable bonds is 6. The van der Waals surface area contributed by atoms with E-state index in [9.17, 15) is 9.59 Å². The van der Waals surface area contributed by atoms with Crippen molar-refractivity contribution < 1.29 is 19.1 Å². The Bertz CT molecular complexity index is 745. The van der Waals surface area contributed by atoms with Crippen molar-refractivity contribution in [3.63, 3.8) is 0 Å². The number of carbonyl (C=O) groups is 2. The molecule has 2 aromatic carbocycles. The fourth-order valence-electron chi connectivity index (χ4n) is 1.83. The lowest BCUT2D eigenvalue weighted by atomic mass is 10.3. The standard InChI is InChI=1S/C17H14Cl3NO4/c1-10(25-15(22)9-24-12-5-3-2-4-6-12)17(23)21-16-13(19)7-11(18)8-14(16)20/h2-8,10H,9H2,1H3,(H,21,23)/t10-/m1/s1. The Hall–Kier alpha value is -1.95. The monoisotopic (exact) mass is 401 g/mol. The molecule has 0 bridgehead atoms. The van der Waals surface area contributed by atoms with Crippen molar-refractivity contribution in [3.05, 3.63) is 57.5 Å². The van der Waals surface area contributed by atoms with Gasteiger partial charge in [0.2, 0.25) is 0 Å². The first kappa shape index (κ1) is 19.4. The lowest BCUT2D eigenvalue weighted by Gasteiger charge is -2.15. The first-order valence-corrected chi connectivity index (χ1v) is 8.33. The zero-order valence-corrected chi connectivity index (χ0v) is 15.4. The third-order valence-electron chi connectivity index (χ3n) is 3.03. The molecule has 0 aromatic heterocycles. The molecule has 2 rings (SSSR count). The summed E-state index contributed by atoms with van der Waals surface area (Å²) in [7, 11) is 0. The molecule has 0 fully saturated rings. The zero-order valence-electron chi connectivity index (χ0n) is 13.1. The molecule has 132 valence electrons. The minimum atomic E-state index is -1.06. The predicted octanol–water partition coefficient (Wildman–Crippen LogP) is 4.60. The molecule has 0 aliphatic carbocycles. The van der Waals surface area contributed by atoms with Gasteiger partial charge in [0.05, 0.1) is 15.7 Å². The maximum atomic E-state index is 12.1. The van der Waals surface area contributed by atoms with Crippen LogP contribution in [0.5, 0.6) is 5.75 Å². The van der Waals surface area contributed by atoms with Gasteiger partial charge in [-0.1, -0.05) is 53.0 Å². The normalized spacial score (nSPS) is 11.5. The predicted molar refractivity (Wildman–Crippen MR) is 97.6 cm³/mol. The summed E-state index contributed by atoms with van der Waals surface area (Å²) in [5, 5.41) is 3.20. The van der Waals surface area contributed by atoms with E-state index in [1.807, 2.05) is 6.07 Å². The summed E-state index contributed by atoms with van der Waals surface area (Å²) in [6.45, 7) is 1.11. The average Bonchev–Trinajstić information content (AvgIpc) is 2.57. The molecule has 2 aromatic rings. The van der Waals surface area contributed by atoms with E-state index in [0.29, 0.717) is 10.8 Å². The van der Waals surface area contributed by atoms with Gasteiger partial charge in [-0.05, 0) is 31.2 Å². The fourth-order valence-corrected chi connectivity index (χ4v) is 2.74. The summed E-state index contributed by atoms with van der Waals surface area (Å²) in [6.07, 6.45) is -1.06.